The summed E-state index contributed by atoms with van der Waals surface area (Å²) in [7, 11) is 0. The van der Waals surface area contributed by atoms with Crippen molar-refractivity contribution in [3.63, 3.8) is 0 Å². The summed E-state index contributed by atoms with van der Waals surface area (Å²) in [6.45, 7) is 3.76. The number of hydrogen-bond acceptors (Lipinski definition) is 6. The number of hydrogen-bond donors (Lipinski definition) is 2. The van der Waals surface area contributed by atoms with Crippen LogP contribution in [0.3, 0.4) is 0 Å². The molecular formula is C26H31N3O5. The standard InChI is InChI=1S/C26H31N3O5/c30-20(16-28-10-9-18-3-1-2-4-19(18)15-28)17-29-11-12-33-24-13-21(5-7-23(24)26(29)32)34-22-6-8-25(31)27-14-22/h1-5,7,13,20,22,30H,6,8-12,14-17H2,(H,27,31). The molecule has 2 N–H and O–H groups in total. The monoisotopic (exact) mass is 465 g/mol. The highest BCUT2D eigenvalue weighted by atomic mass is 16.5. The molecule has 2 amide bonds. The van der Waals surface area contributed by atoms with E-state index in [1.165, 1.54) is 11.1 Å². The van der Waals surface area contributed by atoms with Crippen LogP contribution in [0.1, 0.15) is 34.3 Å². The van der Waals surface area contributed by atoms with Gasteiger partial charge in [-0.3, -0.25) is 14.5 Å². The van der Waals surface area contributed by atoms with Crippen molar-refractivity contribution < 1.29 is 24.2 Å². The number of piperidine rings is 1. The van der Waals surface area contributed by atoms with Crippen LogP contribution in [-0.4, -0.2) is 78.3 Å². The van der Waals surface area contributed by atoms with Crippen molar-refractivity contribution in [2.75, 3.05) is 39.3 Å². The SMILES string of the molecule is O=C1CCC(Oc2ccc3c(c2)OCCN(CC(O)CN2CCc4ccccc4C2)C3=O)CN1. The third kappa shape index (κ3) is 5.18. The quantitative estimate of drug-likeness (QED) is 0.674. The number of carbonyl (C=O) groups excluding carboxylic acids is 2. The second-order valence-corrected chi connectivity index (χ2v) is 9.25. The van der Waals surface area contributed by atoms with Crippen molar-refractivity contribution in [3.8, 4) is 11.5 Å². The fourth-order valence-electron chi connectivity index (χ4n) is 4.91. The first-order valence-corrected chi connectivity index (χ1v) is 12.0. The average molecular weight is 466 g/mol. The number of benzene rings is 2. The van der Waals surface area contributed by atoms with E-state index < -0.39 is 6.10 Å². The van der Waals surface area contributed by atoms with Gasteiger partial charge < -0.3 is 24.8 Å². The molecule has 5 rings (SSSR count). The van der Waals surface area contributed by atoms with Gasteiger partial charge in [-0.05, 0) is 36.1 Å². The molecule has 8 heteroatoms. The lowest BCUT2D eigenvalue weighted by atomic mass is 10.00. The van der Waals surface area contributed by atoms with Gasteiger partial charge in [0.05, 0.1) is 24.8 Å². The molecule has 3 aliphatic rings. The molecule has 2 atom stereocenters. The van der Waals surface area contributed by atoms with E-state index in [4.69, 9.17) is 9.47 Å². The normalized spacial score (nSPS) is 21.6. The summed E-state index contributed by atoms with van der Waals surface area (Å²) in [5.74, 6) is 1.01. The number of nitrogens with zero attached hydrogens (tertiary/aromatic N) is 2. The smallest absolute Gasteiger partial charge is 0.257 e. The molecule has 0 spiro atoms. The number of fused-ring (bicyclic) bond motifs is 2. The minimum atomic E-state index is -0.639. The molecule has 0 bridgehead atoms. The van der Waals surface area contributed by atoms with Gasteiger partial charge in [-0.1, -0.05) is 24.3 Å². The van der Waals surface area contributed by atoms with Crippen LogP contribution in [0.5, 0.6) is 11.5 Å². The molecular weight excluding hydrogens is 434 g/mol. The van der Waals surface area contributed by atoms with Crippen LogP contribution in [0.4, 0.5) is 0 Å². The third-order valence-electron chi connectivity index (χ3n) is 6.72. The second kappa shape index (κ2) is 10.0. The van der Waals surface area contributed by atoms with Crippen LogP contribution in [-0.2, 0) is 17.8 Å². The van der Waals surface area contributed by atoms with E-state index in [0.29, 0.717) is 56.1 Å². The Labute approximate surface area is 199 Å². The maximum absolute atomic E-state index is 13.2. The van der Waals surface area contributed by atoms with Crippen LogP contribution in [0.15, 0.2) is 42.5 Å². The maximum atomic E-state index is 13.2. The number of carbonyl (C=O) groups is 2. The topological polar surface area (TPSA) is 91.3 Å². The highest BCUT2D eigenvalue weighted by Gasteiger charge is 2.28. The Balaban J connectivity index is 1.19. The van der Waals surface area contributed by atoms with E-state index in [0.717, 1.165) is 19.5 Å². The number of amides is 2. The minimum Gasteiger partial charge on any atom is -0.491 e. The summed E-state index contributed by atoms with van der Waals surface area (Å²) in [6.07, 6.45) is 1.36. The fraction of sp³-hybridized carbons (Fsp3) is 0.462. The zero-order valence-electron chi connectivity index (χ0n) is 19.2. The van der Waals surface area contributed by atoms with Crippen molar-refractivity contribution in [2.45, 2.75) is 38.0 Å². The molecule has 180 valence electrons. The molecule has 0 radical (unpaired) electrons. The first kappa shape index (κ1) is 22.7. The summed E-state index contributed by atoms with van der Waals surface area (Å²) in [5.41, 5.74) is 3.16. The fourth-order valence-corrected chi connectivity index (χ4v) is 4.91. The Morgan fingerprint density at radius 1 is 1.09 bits per heavy atom. The van der Waals surface area contributed by atoms with E-state index in [1.54, 1.807) is 23.1 Å². The lowest BCUT2D eigenvalue weighted by Crippen LogP contribution is -2.44. The average Bonchev–Trinajstić information content (AvgIpc) is 2.99. The Bertz CT molecular complexity index is 1050. The van der Waals surface area contributed by atoms with E-state index in [1.807, 2.05) is 0 Å². The van der Waals surface area contributed by atoms with Crippen LogP contribution < -0.4 is 14.8 Å². The van der Waals surface area contributed by atoms with Crippen molar-refractivity contribution >= 4 is 11.8 Å². The molecule has 1 fully saturated rings. The number of ether oxygens (including phenoxy) is 2. The molecule has 1 saturated heterocycles. The zero-order chi connectivity index (χ0) is 23.5. The first-order valence-electron chi connectivity index (χ1n) is 12.0. The van der Waals surface area contributed by atoms with Gasteiger partial charge in [-0.2, -0.15) is 0 Å². The van der Waals surface area contributed by atoms with Crippen molar-refractivity contribution in [2.24, 2.45) is 0 Å². The number of aliphatic hydroxyl groups is 1. The molecule has 2 unspecified atom stereocenters. The minimum absolute atomic E-state index is 0.0445. The van der Waals surface area contributed by atoms with E-state index >= 15 is 0 Å². The van der Waals surface area contributed by atoms with Gasteiger partial charge in [0.1, 0.15) is 24.2 Å². The number of aliphatic hydroxyl groups excluding tert-OH is 1. The molecule has 0 aromatic heterocycles. The Morgan fingerprint density at radius 2 is 1.94 bits per heavy atom. The number of nitrogens with one attached hydrogen (secondary N) is 1. The Morgan fingerprint density at radius 3 is 2.76 bits per heavy atom. The third-order valence-corrected chi connectivity index (χ3v) is 6.72. The molecule has 2 aromatic rings. The van der Waals surface area contributed by atoms with Gasteiger partial charge in [-0.15, -0.1) is 0 Å². The molecule has 3 aliphatic heterocycles. The Hall–Kier alpha value is -3.10. The highest BCUT2D eigenvalue weighted by molar-refractivity contribution is 5.97. The predicted molar refractivity (Wildman–Crippen MR) is 126 cm³/mol. The van der Waals surface area contributed by atoms with Gasteiger partial charge in [0.15, 0.2) is 0 Å². The second-order valence-electron chi connectivity index (χ2n) is 9.25. The molecule has 3 heterocycles. The molecule has 2 aromatic carbocycles. The number of β-amino-alcohol motifs (C(OH)–C–C–N with tert-alkyl or cyclic N) is 1. The molecule has 0 saturated carbocycles. The van der Waals surface area contributed by atoms with E-state index in [-0.39, 0.29) is 24.5 Å². The summed E-state index contributed by atoms with van der Waals surface area (Å²) < 4.78 is 11.8. The Kier molecular flexibility index (Phi) is 6.69. The summed E-state index contributed by atoms with van der Waals surface area (Å²) in [5, 5.41) is 13.6. The van der Waals surface area contributed by atoms with Crippen molar-refractivity contribution in [3.05, 3.63) is 59.2 Å². The maximum Gasteiger partial charge on any atom is 0.257 e. The van der Waals surface area contributed by atoms with Crippen LogP contribution in [0, 0.1) is 0 Å². The van der Waals surface area contributed by atoms with Crippen LogP contribution in [0.2, 0.25) is 0 Å². The van der Waals surface area contributed by atoms with Gasteiger partial charge in [0.2, 0.25) is 5.91 Å². The largest absolute Gasteiger partial charge is 0.491 e. The summed E-state index contributed by atoms with van der Waals surface area (Å²) in [6, 6.07) is 13.7. The molecule has 0 aliphatic carbocycles. The van der Waals surface area contributed by atoms with Crippen LogP contribution in [0.25, 0.3) is 0 Å². The predicted octanol–water partition coefficient (Wildman–Crippen LogP) is 1.60. The van der Waals surface area contributed by atoms with Crippen molar-refractivity contribution in [1.82, 2.24) is 15.1 Å². The summed E-state index contributed by atoms with van der Waals surface area (Å²) in [4.78, 5) is 28.5. The van der Waals surface area contributed by atoms with Gasteiger partial charge in [0.25, 0.3) is 5.91 Å². The van der Waals surface area contributed by atoms with E-state index in [2.05, 4.69) is 34.5 Å². The first-order chi connectivity index (χ1) is 16.5. The van der Waals surface area contributed by atoms with Crippen LogP contribution >= 0.6 is 0 Å². The number of rotatable bonds is 6. The zero-order valence-corrected chi connectivity index (χ0v) is 19.2. The molecule has 34 heavy (non-hydrogen) atoms. The van der Waals surface area contributed by atoms with Gasteiger partial charge in [0, 0.05) is 38.7 Å². The highest BCUT2D eigenvalue weighted by Crippen LogP contribution is 2.29. The van der Waals surface area contributed by atoms with E-state index in [9.17, 15) is 14.7 Å². The lowest BCUT2D eigenvalue weighted by Gasteiger charge is -2.32. The van der Waals surface area contributed by atoms with Gasteiger partial charge in [-0.25, -0.2) is 0 Å². The van der Waals surface area contributed by atoms with Gasteiger partial charge >= 0.3 is 0 Å². The van der Waals surface area contributed by atoms with Crippen molar-refractivity contribution in [1.29, 1.82) is 0 Å². The summed E-state index contributed by atoms with van der Waals surface area (Å²) >= 11 is 0. The molecule has 8 nitrogen and oxygen atoms in total. The lowest BCUT2D eigenvalue weighted by molar-refractivity contribution is -0.123.